The van der Waals surface area contributed by atoms with Gasteiger partial charge in [0.1, 0.15) is 0 Å². The lowest BCUT2D eigenvalue weighted by Gasteiger charge is -2.10. The average Bonchev–Trinajstić information content (AvgIpc) is 2.86. The summed E-state index contributed by atoms with van der Waals surface area (Å²) >= 11 is 11.9. The molecule has 2 rings (SSSR count). The number of methoxy groups -OCH3 is 1. The van der Waals surface area contributed by atoms with E-state index >= 15 is 0 Å². The monoisotopic (exact) mass is 299 g/mol. The van der Waals surface area contributed by atoms with E-state index in [9.17, 15) is 0 Å². The Morgan fingerprint density at radius 1 is 1.32 bits per heavy atom. The van der Waals surface area contributed by atoms with Crippen molar-refractivity contribution in [3.05, 3.63) is 40.6 Å². The van der Waals surface area contributed by atoms with Crippen LogP contribution in [0.2, 0.25) is 10.0 Å². The van der Waals surface area contributed by atoms with Crippen LogP contribution in [0.3, 0.4) is 0 Å². The normalized spacial score (nSPS) is 10.7. The second-order valence-corrected chi connectivity index (χ2v) is 4.81. The molecule has 4 nitrogen and oxygen atoms in total. The molecule has 0 bridgehead atoms. The summed E-state index contributed by atoms with van der Waals surface area (Å²) < 4.78 is 6.93. The smallest absolute Gasteiger partial charge is 0.207 e. The summed E-state index contributed by atoms with van der Waals surface area (Å²) in [5.74, 6) is 0.773. The van der Waals surface area contributed by atoms with Crippen LogP contribution >= 0.6 is 23.2 Å². The predicted octanol–water partition coefficient (Wildman–Crippen LogP) is 3.63. The minimum atomic E-state index is 0.526. The van der Waals surface area contributed by atoms with Gasteiger partial charge in [-0.2, -0.15) is 0 Å². The highest BCUT2D eigenvalue weighted by Crippen LogP contribution is 2.25. The third-order valence-electron chi connectivity index (χ3n) is 2.63. The lowest BCUT2D eigenvalue weighted by molar-refractivity contribution is 0.197. The molecule has 0 atom stereocenters. The number of halogens is 2. The van der Waals surface area contributed by atoms with Crippen LogP contribution in [0.15, 0.2) is 30.6 Å². The van der Waals surface area contributed by atoms with E-state index in [1.807, 2.05) is 22.9 Å². The summed E-state index contributed by atoms with van der Waals surface area (Å²) in [4.78, 5) is 4.28. The molecule has 0 saturated heterocycles. The SMILES string of the molecule is COCCCNc1nccn1-c1ccc(Cl)c(Cl)c1. The van der Waals surface area contributed by atoms with Crippen LogP contribution in [-0.4, -0.2) is 29.8 Å². The summed E-state index contributed by atoms with van der Waals surface area (Å²) in [6.07, 6.45) is 4.53. The molecule has 19 heavy (non-hydrogen) atoms. The van der Waals surface area contributed by atoms with Gasteiger partial charge in [-0.15, -0.1) is 0 Å². The number of benzene rings is 1. The Labute approximate surface area is 122 Å². The van der Waals surface area contributed by atoms with Crippen LogP contribution in [0.1, 0.15) is 6.42 Å². The Morgan fingerprint density at radius 3 is 2.89 bits per heavy atom. The number of anilines is 1. The summed E-state index contributed by atoms with van der Waals surface area (Å²) in [6, 6.07) is 5.48. The molecule has 2 aromatic rings. The third kappa shape index (κ3) is 3.62. The molecular formula is C13H15Cl2N3O. The summed E-state index contributed by atoms with van der Waals surface area (Å²) in [6.45, 7) is 1.52. The number of ether oxygens (including phenoxy) is 1. The minimum absolute atomic E-state index is 0.526. The van der Waals surface area contributed by atoms with E-state index in [1.54, 1.807) is 19.4 Å². The van der Waals surface area contributed by atoms with Crippen molar-refractivity contribution in [1.82, 2.24) is 9.55 Å². The molecule has 0 saturated carbocycles. The van der Waals surface area contributed by atoms with Gasteiger partial charge in [-0.25, -0.2) is 4.98 Å². The number of rotatable bonds is 6. The van der Waals surface area contributed by atoms with Crippen molar-refractivity contribution in [2.24, 2.45) is 0 Å². The summed E-state index contributed by atoms with van der Waals surface area (Å²) in [5, 5.41) is 4.32. The van der Waals surface area contributed by atoms with Gasteiger partial charge in [0.15, 0.2) is 0 Å². The minimum Gasteiger partial charge on any atom is -0.385 e. The van der Waals surface area contributed by atoms with Gasteiger partial charge < -0.3 is 10.1 Å². The molecule has 1 heterocycles. The molecule has 0 spiro atoms. The number of aromatic nitrogens is 2. The van der Waals surface area contributed by atoms with Gasteiger partial charge in [-0.1, -0.05) is 23.2 Å². The zero-order chi connectivity index (χ0) is 13.7. The van der Waals surface area contributed by atoms with E-state index in [0.29, 0.717) is 10.0 Å². The Morgan fingerprint density at radius 2 is 2.16 bits per heavy atom. The number of hydrogen-bond donors (Lipinski definition) is 1. The van der Waals surface area contributed by atoms with Crippen molar-refractivity contribution in [2.75, 3.05) is 25.6 Å². The van der Waals surface area contributed by atoms with E-state index in [0.717, 1.165) is 31.2 Å². The predicted molar refractivity (Wildman–Crippen MR) is 78.6 cm³/mol. The first kappa shape index (κ1) is 14.2. The zero-order valence-electron chi connectivity index (χ0n) is 10.6. The van der Waals surface area contributed by atoms with Gasteiger partial charge in [0.2, 0.25) is 5.95 Å². The van der Waals surface area contributed by atoms with Crippen LogP contribution in [-0.2, 0) is 4.74 Å². The average molecular weight is 300 g/mol. The lowest BCUT2D eigenvalue weighted by atomic mass is 10.3. The van der Waals surface area contributed by atoms with Crippen molar-refractivity contribution < 1.29 is 4.74 Å². The zero-order valence-corrected chi connectivity index (χ0v) is 12.1. The van der Waals surface area contributed by atoms with Crippen molar-refractivity contribution in [2.45, 2.75) is 6.42 Å². The van der Waals surface area contributed by atoms with E-state index in [2.05, 4.69) is 10.3 Å². The molecule has 102 valence electrons. The van der Waals surface area contributed by atoms with Crippen molar-refractivity contribution in [3.8, 4) is 5.69 Å². The Bertz CT molecular complexity index is 542. The van der Waals surface area contributed by atoms with Crippen LogP contribution in [0.4, 0.5) is 5.95 Å². The number of nitrogens with one attached hydrogen (secondary N) is 1. The summed E-state index contributed by atoms with van der Waals surface area (Å²) in [5.41, 5.74) is 0.918. The topological polar surface area (TPSA) is 39.1 Å². The fraction of sp³-hybridized carbons (Fsp3) is 0.308. The molecule has 0 aliphatic carbocycles. The molecule has 6 heteroatoms. The van der Waals surface area contributed by atoms with E-state index in [1.165, 1.54) is 0 Å². The fourth-order valence-corrected chi connectivity index (χ4v) is 1.99. The molecule has 1 N–H and O–H groups in total. The highest BCUT2D eigenvalue weighted by molar-refractivity contribution is 6.42. The molecule has 0 radical (unpaired) electrons. The number of imidazole rings is 1. The first-order valence-electron chi connectivity index (χ1n) is 5.94. The third-order valence-corrected chi connectivity index (χ3v) is 3.37. The molecule has 0 amide bonds. The number of hydrogen-bond acceptors (Lipinski definition) is 3. The van der Waals surface area contributed by atoms with Crippen LogP contribution in [0.25, 0.3) is 5.69 Å². The molecular weight excluding hydrogens is 285 g/mol. The molecule has 0 aliphatic rings. The van der Waals surface area contributed by atoms with Gasteiger partial charge in [-0.3, -0.25) is 4.57 Å². The van der Waals surface area contributed by atoms with E-state index in [-0.39, 0.29) is 0 Å². The van der Waals surface area contributed by atoms with E-state index < -0.39 is 0 Å². The Balaban J connectivity index is 2.12. The van der Waals surface area contributed by atoms with Gasteiger partial charge in [0.25, 0.3) is 0 Å². The lowest BCUT2D eigenvalue weighted by Crippen LogP contribution is -2.09. The summed E-state index contributed by atoms with van der Waals surface area (Å²) in [7, 11) is 1.69. The second-order valence-electron chi connectivity index (χ2n) is 3.99. The quantitative estimate of drug-likeness (QED) is 0.828. The van der Waals surface area contributed by atoms with Crippen molar-refractivity contribution >= 4 is 29.2 Å². The molecule has 0 aliphatic heterocycles. The molecule has 0 unspecified atom stereocenters. The molecule has 1 aromatic carbocycles. The van der Waals surface area contributed by atoms with Gasteiger partial charge in [-0.05, 0) is 24.6 Å². The van der Waals surface area contributed by atoms with E-state index in [4.69, 9.17) is 27.9 Å². The van der Waals surface area contributed by atoms with Crippen molar-refractivity contribution in [3.63, 3.8) is 0 Å². The maximum absolute atomic E-state index is 6.03. The molecule has 0 fully saturated rings. The standard InChI is InChI=1S/C13H15Cl2N3O/c1-19-8-2-5-16-13-17-6-7-18(13)10-3-4-11(14)12(15)9-10/h3-4,6-7,9H,2,5,8H2,1H3,(H,16,17). The largest absolute Gasteiger partial charge is 0.385 e. The highest BCUT2D eigenvalue weighted by atomic mass is 35.5. The van der Waals surface area contributed by atoms with Gasteiger partial charge in [0, 0.05) is 32.7 Å². The Kier molecular flexibility index (Phi) is 5.07. The first-order chi connectivity index (χ1) is 9.22. The van der Waals surface area contributed by atoms with Gasteiger partial charge in [0.05, 0.1) is 15.7 Å². The van der Waals surface area contributed by atoms with Gasteiger partial charge >= 0.3 is 0 Å². The first-order valence-corrected chi connectivity index (χ1v) is 6.69. The second kappa shape index (κ2) is 6.80. The molecule has 1 aromatic heterocycles. The van der Waals surface area contributed by atoms with Crippen LogP contribution in [0, 0.1) is 0 Å². The Hall–Kier alpha value is -1.23. The van der Waals surface area contributed by atoms with Crippen LogP contribution < -0.4 is 5.32 Å². The maximum atomic E-state index is 6.03. The fourth-order valence-electron chi connectivity index (χ4n) is 1.69. The number of nitrogens with zero attached hydrogens (tertiary/aromatic N) is 2. The van der Waals surface area contributed by atoms with Crippen molar-refractivity contribution in [1.29, 1.82) is 0 Å². The highest BCUT2D eigenvalue weighted by Gasteiger charge is 2.06. The van der Waals surface area contributed by atoms with Crippen LogP contribution in [0.5, 0.6) is 0 Å². The maximum Gasteiger partial charge on any atom is 0.207 e.